The van der Waals surface area contributed by atoms with E-state index in [1.54, 1.807) is 25.7 Å². The Morgan fingerprint density at radius 3 is 2.78 bits per heavy atom. The number of carbonyl (C=O) groups is 1. The van der Waals surface area contributed by atoms with Crippen LogP contribution in [0.25, 0.3) is 0 Å². The number of hydrogen-bond donors (Lipinski definition) is 1. The highest BCUT2D eigenvalue weighted by Gasteiger charge is 2.28. The number of pyridine rings is 1. The van der Waals surface area contributed by atoms with Crippen molar-refractivity contribution in [3.05, 3.63) is 22.3 Å². The molecule has 1 aliphatic heterocycles. The third-order valence-electron chi connectivity index (χ3n) is 3.30. The molecule has 1 N–H and O–H groups in total. The Balaban J connectivity index is 2.02. The van der Waals surface area contributed by atoms with Gasteiger partial charge in [0.1, 0.15) is 10.2 Å². The van der Waals surface area contributed by atoms with E-state index in [-0.39, 0.29) is 16.5 Å². The van der Waals surface area contributed by atoms with Crippen molar-refractivity contribution in [1.82, 2.24) is 9.88 Å². The number of anilines is 1. The van der Waals surface area contributed by atoms with Crippen molar-refractivity contribution in [2.24, 2.45) is 0 Å². The lowest BCUT2D eigenvalue weighted by atomic mass is 10.1. The fourth-order valence-corrected chi connectivity index (χ4v) is 2.62. The minimum absolute atomic E-state index is 0.0330. The monoisotopic (exact) mass is 391 g/mol. The second kappa shape index (κ2) is 6.98. The van der Waals surface area contributed by atoms with E-state index in [1.165, 1.54) is 0 Å². The molecule has 23 heavy (non-hydrogen) atoms. The number of amides is 1. The Labute approximate surface area is 142 Å². The molecule has 1 amide bonds. The normalized spacial score (nSPS) is 18.7. The van der Waals surface area contributed by atoms with E-state index < -0.39 is 23.3 Å². The summed E-state index contributed by atoms with van der Waals surface area (Å²) in [7, 11) is 0. The average molecular weight is 392 g/mol. The molecule has 1 saturated heterocycles. The van der Waals surface area contributed by atoms with E-state index in [4.69, 9.17) is 4.74 Å². The summed E-state index contributed by atoms with van der Waals surface area (Å²) in [5, 5.41) is 2.93. The van der Waals surface area contributed by atoms with Crippen LogP contribution in [0.5, 0.6) is 0 Å². The van der Waals surface area contributed by atoms with E-state index in [0.717, 1.165) is 18.9 Å². The molecule has 2 heterocycles. The highest BCUT2D eigenvalue weighted by Crippen LogP contribution is 2.22. The van der Waals surface area contributed by atoms with Crippen LogP contribution in [-0.4, -0.2) is 40.7 Å². The Kier molecular flexibility index (Phi) is 5.44. The van der Waals surface area contributed by atoms with Crippen LogP contribution in [0, 0.1) is 11.6 Å². The van der Waals surface area contributed by atoms with Crippen LogP contribution in [0.2, 0.25) is 0 Å². The Bertz CT molecular complexity index is 593. The number of nitrogens with zero attached hydrogens (tertiary/aromatic N) is 2. The number of likely N-dealkylation sites (tertiary alicyclic amines) is 1. The first-order chi connectivity index (χ1) is 10.7. The SMILES string of the molecule is CC(C)(C)OC(=O)N1CCC[C@@H](Nc2nc(Br)c(F)cc2F)C1. The molecule has 1 aliphatic rings. The maximum absolute atomic E-state index is 13.8. The first kappa shape index (κ1) is 17.9. The van der Waals surface area contributed by atoms with Crippen molar-refractivity contribution in [2.45, 2.75) is 45.3 Å². The Morgan fingerprint density at radius 1 is 1.43 bits per heavy atom. The van der Waals surface area contributed by atoms with Crippen molar-refractivity contribution in [2.75, 3.05) is 18.4 Å². The molecule has 0 saturated carbocycles. The number of ether oxygens (including phenoxy) is 1. The molecule has 0 spiro atoms. The molecule has 0 radical (unpaired) electrons. The van der Waals surface area contributed by atoms with Crippen LogP contribution in [0.15, 0.2) is 10.7 Å². The molecule has 5 nitrogen and oxygen atoms in total. The summed E-state index contributed by atoms with van der Waals surface area (Å²) in [4.78, 5) is 17.5. The van der Waals surface area contributed by atoms with Gasteiger partial charge in [-0.15, -0.1) is 0 Å². The molecule has 0 unspecified atom stereocenters. The number of halogens is 3. The van der Waals surface area contributed by atoms with Gasteiger partial charge in [0, 0.05) is 25.2 Å². The lowest BCUT2D eigenvalue weighted by molar-refractivity contribution is 0.0206. The molecule has 1 aromatic rings. The zero-order valence-electron chi connectivity index (χ0n) is 13.3. The van der Waals surface area contributed by atoms with E-state index in [0.29, 0.717) is 13.1 Å². The van der Waals surface area contributed by atoms with Crippen molar-refractivity contribution < 1.29 is 18.3 Å². The third kappa shape index (κ3) is 5.02. The molecular weight excluding hydrogens is 372 g/mol. The van der Waals surface area contributed by atoms with Gasteiger partial charge in [-0.1, -0.05) is 0 Å². The molecule has 0 aromatic carbocycles. The maximum atomic E-state index is 13.8. The zero-order chi connectivity index (χ0) is 17.2. The standard InChI is InChI=1S/C15H20BrF2N3O2/c1-15(2,3)23-14(22)21-6-4-5-9(8-21)19-13-11(18)7-10(17)12(16)20-13/h7,9H,4-6,8H2,1-3H3,(H,19,20)/t9-/m1/s1. The zero-order valence-corrected chi connectivity index (χ0v) is 14.9. The largest absolute Gasteiger partial charge is 0.444 e. The number of hydrogen-bond acceptors (Lipinski definition) is 4. The van der Waals surface area contributed by atoms with E-state index in [9.17, 15) is 13.6 Å². The molecule has 1 aromatic heterocycles. The fourth-order valence-electron chi connectivity index (χ4n) is 2.33. The summed E-state index contributed by atoms with van der Waals surface area (Å²) >= 11 is 2.94. The molecule has 128 valence electrons. The summed E-state index contributed by atoms with van der Waals surface area (Å²) in [5.74, 6) is -1.55. The summed E-state index contributed by atoms with van der Waals surface area (Å²) in [6, 6.07) is 0.601. The predicted molar refractivity (Wildman–Crippen MR) is 86.3 cm³/mol. The van der Waals surface area contributed by atoms with Crippen molar-refractivity contribution in [1.29, 1.82) is 0 Å². The van der Waals surface area contributed by atoms with Gasteiger partial charge in [-0.25, -0.2) is 18.6 Å². The quantitative estimate of drug-likeness (QED) is 0.775. The Morgan fingerprint density at radius 2 is 2.13 bits per heavy atom. The maximum Gasteiger partial charge on any atom is 0.410 e. The van der Waals surface area contributed by atoms with Crippen LogP contribution in [0.4, 0.5) is 19.4 Å². The van der Waals surface area contributed by atoms with Gasteiger partial charge in [0.25, 0.3) is 0 Å². The van der Waals surface area contributed by atoms with Gasteiger partial charge in [-0.05, 0) is 49.5 Å². The van der Waals surface area contributed by atoms with Crippen LogP contribution >= 0.6 is 15.9 Å². The predicted octanol–water partition coefficient (Wildman–Crippen LogP) is 3.93. The lowest BCUT2D eigenvalue weighted by Gasteiger charge is -2.34. The van der Waals surface area contributed by atoms with Gasteiger partial charge in [0.05, 0.1) is 0 Å². The summed E-state index contributed by atoms with van der Waals surface area (Å²) < 4.78 is 32.3. The number of rotatable bonds is 2. The topological polar surface area (TPSA) is 54.5 Å². The van der Waals surface area contributed by atoms with Gasteiger partial charge < -0.3 is 15.0 Å². The number of aromatic nitrogens is 1. The van der Waals surface area contributed by atoms with Gasteiger partial charge in [0.15, 0.2) is 17.5 Å². The highest BCUT2D eigenvalue weighted by atomic mass is 79.9. The van der Waals surface area contributed by atoms with E-state index >= 15 is 0 Å². The summed E-state index contributed by atoms with van der Waals surface area (Å²) in [6.07, 6.45) is 1.13. The highest BCUT2D eigenvalue weighted by molar-refractivity contribution is 9.10. The van der Waals surface area contributed by atoms with Gasteiger partial charge in [0.2, 0.25) is 0 Å². The van der Waals surface area contributed by atoms with Crippen molar-refractivity contribution in [3.63, 3.8) is 0 Å². The second-order valence-electron chi connectivity index (χ2n) is 6.50. The average Bonchev–Trinajstić information content (AvgIpc) is 2.43. The van der Waals surface area contributed by atoms with E-state index in [1.807, 2.05) is 0 Å². The lowest BCUT2D eigenvalue weighted by Crippen LogP contribution is -2.47. The smallest absolute Gasteiger partial charge is 0.410 e. The van der Waals surface area contributed by atoms with Crippen LogP contribution < -0.4 is 5.32 Å². The molecule has 1 atom stereocenters. The van der Waals surface area contributed by atoms with Crippen LogP contribution in [-0.2, 0) is 4.74 Å². The number of carbonyl (C=O) groups excluding carboxylic acids is 1. The van der Waals surface area contributed by atoms with Gasteiger partial charge >= 0.3 is 6.09 Å². The van der Waals surface area contributed by atoms with Crippen molar-refractivity contribution in [3.8, 4) is 0 Å². The molecular formula is C15H20BrF2N3O2. The first-order valence-corrected chi connectivity index (χ1v) is 8.21. The fraction of sp³-hybridized carbons (Fsp3) is 0.600. The minimum atomic E-state index is -0.764. The van der Waals surface area contributed by atoms with E-state index in [2.05, 4.69) is 26.2 Å². The molecule has 2 rings (SSSR count). The third-order valence-corrected chi connectivity index (χ3v) is 3.86. The van der Waals surface area contributed by atoms with Crippen LogP contribution in [0.1, 0.15) is 33.6 Å². The summed E-state index contributed by atoms with van der Waals surface area (Å²) in [6.45, 7) is 6.39. The first-order valence-electron chi connectivity index (χ1n) is 7.42. The van der Waals surface area contributed by atoms with Gasteiger partial charge in [-0.2, -0.15) is 0 Å². The van der Waals surface area contributed by atoms with Crippen LogP contribution in [0.3, 0.4) is 0 Å². The number of nitrogens with one attached hydrogen (secondary N) is 1. The molecule has 0 bridgehead atoms. The molecule has 1 fully saturated rings. The number of piperidine rings is 1. The Hall–Kier alpha value is -1.44. The molecule has 8 heteroatoms. The van der Waals surface area contributed by atoms with Crippen molar-refractivity contribution >= 4 is 27.8 Å². The summed E-state index contributed by atoms with van der Waals surface area (Å²) in [5.41, 5.74) is -0.563. The molecule has 0 aliphatic carbocycles. The second-order valence-corrected chi connectivity index (χ2v) is 7.25. The van der Waals surface area contributed by atoms with Gasteiger partial charge in [-0.3, -0.25) is 0 Å². The minimum Gasteiger partial charge on any atom is -0.444 e.